The van der Waals surface area contributed by atoms with E-state index in [1.807, 2.05) is 16.8 Å². The Morgan fingerprint density at radius 3 is 3.18 bits per heavy atom. The number of aromatic nitrogens is 3. The number of nitrogens with two attached hydrogens (primary N) is 1. The Labute approximate surface area is 127 Å². The number of hydrogen-bond donors (Lipinski definition) is 1. The number of terminal acetylenes is 1. The van der Waals surface area contributed by atoms with Crippen LogP contribution in [0.5, 0.6) is 0 Å². The molecular weight excluding hydrogens is 284 g/mol. The summed E-state index contributed by atoms with van der Waals surface area (Å²) in [4.78, 5) is 19.1. The summed E-state index contributed by atoms with van der Waals surface area (Å²) in [5.74, 6) is 2.68. The van der Waals surface area contributed by atoms with Gasteiger partial charge in [0.05, 0.1) is 17.4 Å². The van der Waals surface area contributed by atoms with E-state index in [4.69, 9.17) is 21.6 Å². The van der Waals surface area contributed by atoms with Gasteiger partial charge in [-0.1, -0.05) is 5.92 Å². The van der Waals surface area contributed by atoms with Gasteiger partial charge in [0.1, 0.15) is 30.6 Å². The highest BCUT2D eigenvalue weighted by atomic mass is 16.6. The van der Waals surface area contributed by atoms with Crippen molar-refractivity contribution in [3.63, 3.8) is 0 Å². The van der Waals surface area contributed by atoms with Crippen LogP contribution in [-0.4, -0.2) is 33.2 Å². The molecule has 7 nitrogen and oxygen atoms in total. The third kappa shape index (κ3) is 2.49. The normalized spacial score (nSPS) is 24.3. The topological polar surface area (TPSA) is 92.3 Å². The van der Waals surface area contributed by atoms with Crippen LogP contribution in [-0.2, 0) is 14.3 Å². The van der Waals surface area contributed by atoms with Crippen LogP contribution in [0.4, 0.5) is 5.82 Å². The monoisotopic (exact) mass is 300 g/mol. The molecule has 1 fully saturated rings. The van der Waals surface area contributed by atoms with Gasteiger partial charge in [0.25, 0.3) is 0 Å². The molecule has 2 aromatic rings. The predicted octanol–water partition coefficient (Wildman–Crippen LogP) is 1.11. The number of ether oxygens (including phenoxy) is 2. The molecule has 0 saturated carbocycles. The maximum atomic E-state index is 10.9. The van der Waals surface area contributed by atoms with Crippen LogP contribution in [0.3, 0.4) is 0 Å². The molecule has 0 aliphatic carbocycles. The number of esters is 1. The summed E-state index contributed by atoms with van der Waals surface area (Å²) < 4.78 is 12.8. The highest BCUT2D eigenvalue weighted by Crippen LogP contribution is 2.36. The van der Waals surface area contributed by atoms with E-state index in [0.29, 0.717) is 17.9 Å². The average Bonchev–Trinajstić information content (AvgIpc) is 3.08. The smallest absolute Gasteiger partial charge is 0.302 e. The van der Waals surface area contributed by atoms with Crippen molar-refractivity contribution in [1.29, 1.82) is 0 Å². The first-order chi connectivity index (χ1) is 10.6. The molecule has 3 heterocycles. The number of anilines is 1. The Balaban J connectivity index is 1.87. The number of nitrogens with zero attached hydrogens (tertiary/aromatic N) is 3. The fourth-order valence-corrected chi connectivity index (χ4v) is 2.67. The molecule has 2 N–H and O–H groups in total. The Bertz CT molecular complexity index is 749. The second kappa shape index (κ2) is 5.66. The first-order valence-corrected chi connectivity index (χ1v) is 6.92. The number of nitrogen functional groups attached to an aromatic ring is 1. The third-order valence-corrected chi connectivity index (χ3v) is 3.69. The van der Waals surface area contributed by atoms with Crippen molar-refractivity contribution in [2.24, 2.45) is 5.92 Å². The van der Waals surface area contributed by atoms with Crippen molar-refractivity contribution in [2.75, 3.05) is 12.3 Å². The fraction of sp³-hybridized carbons (Fsp3) is 0.400. The highest BCUT2D eigenvalue weighted by Gasteiger charge is 2.36. The molecule has 1 aliphatic rings. The van der Waals surface area contributed by atoms with Gasteiger partial charge in [-0.3, -0.25) is 4.79 Å². The van der Waals surface area contributed by atoms with Crippen molar-refractivity contribution in [2.45, 2.75) is 25.7 Å². The zero-order valence-corrected chi connectivity index (χ0v) is 12.1. The van der Waals surface area contributed by atoms with Crippen LogP contribution in [0.1, 0.15) is 19.6 Å². The number of rotatable bonds is 3. The molecule has 0 aromatic carbocycles. The molecule has 0 spiro atoms. The van der Waals surface area contributed by atoms with E-state index in [2.05, 4.69) is 15.9 Å². The maximum absolute atomic E-state index is 10.9. The Morgan fingerprint density at radius 2 is 2.45 bits per heavy atom. The lowest BCUT2D eigenvalue weighted by Gasteiger charge is -2.17. The Hall–Kier alpha value is -2.59. The quantitative estimate of drug-likeness (QED) is 0.674. The van der Waals surface area contributed by atoms with Gasteiger partial charge in [-0.2, -0.15) is 0 Å². The molecule has 114 valence electrons. The lowest BCUT2D eigenvalue weighted by atomic mass is 10.0. The maximum Gasteiger partial charge on any atom is 0.302 e. The van der Waals surface area contributed by atoms with E-state index >= 15 is 0 Å². The van der Waals surface area contributed by atoms with E-state index in [0.717, 1.165) is 5.39 Å². The van der Waals surface area contributed by atoms with Gasteiger partial charge >= 0.3 is 5.97 Å². The van der Waals surface area contributed by atoms with Crippen molar-refractivity contribution < 1.29 is 14.3 Å². The second-order valence-corrected chi connectivity index (χ2v) is 5.18. The van der Waals surface area contributed by atoms with Crippen molar-refractivity contribution in [3.05, 3.63) is 18.6 Å². The van der Waals surface area contributed by atoms with Crippen LogP contribution in [0, 0.1) is 18.3 Å². The molecule has 0 bridgehead atoms. The molecule has 3 atom stereocenters. The van der Waals surface area contributed by atoms with Crippen LogP contribution < -0.4 is 5.73 Å². The molecular formula is C15H16N4O3. The van der Waals surface area contributed by atoms with Crippen molar-refractivity contribution in [3.8, 4) is 12.3 Å². The summed E-state index contributed by atoms with van der Waals surface area (Å²) in [6.07, 6.45) is 8.88. The van der Waals surface area contributed by atoms with Gasteiger partial charge in [0.2, 0.25) is 0 Å². The van der Waals surface area contributed by atoms with Crippen molar-refractivity contribution in [1.82, 2.24) is 14.5 Å². The van der Waals surface area contributed by atoms with E-state index in [1.54, 1.807) is 0 Å². The summed E-state index contributed by atoms with van der Waals surface area (Å²) in [6.45, 7) is 1.56. The molecule has 2 aromatic heterocycles. The predicted molar refractivity (Wildman–Crippen MR) is 79.4 cm³/mol. The summed E-state index contributed by atoms with van der Waals surface area (Å²) in [6, 6.07) is 1.83. The minimum atomic E-state index is -0.364. The minimum absolute atomic E-state index is 0.132. The van der Waals surface area contributed by atoms with E-state index in [-0.39, 0.29) is 30.8 Å². The van der Waals surface area contributed by atoms with Crippen LogP contribution >= 0.6 is 0 Å². The van der Waals surface area contributed by atoms with Gasteiger partial charge < -0.3 is 19.8 Å². The Morgan fingerprint density at radius 1 is 1.64 bits per heavy atom. The molecule has 0 amide bonds. The molecule has 1 saturated heterocycles. The van der Waals surface area contributed by atoms with Gasteiger partial charge in [0.15, 0.2) is 0 Å². The second-order valence-electron chi connectivity index (χ2n) is 5.18. The van der Waals surface area contributed by atoms with E-state index < -0.39 is 0 Å². The van der Waals surface area contributed by atoms with Crippen molar-refractivity contribution >= 4 is 22.8 Å². The van der Waals surface area contributed by atoms with Crippen LogP contribution in [0.15, 0.2) is 18.6 Å². The number of carbonyl (C=O) groups is 1. The summed E-state index contributed by atoms with van der Waals surface area (Å²) in [5.41, 5.74) is 6.51. The third-order valence-electron chi connectivity index (χ3n) is 3.69. The van der Waals surface area contributed by atoms with Gasteiger partial charge in [0, 0.05) is 13.1 Å². The van der Waals surface area contributed by atoms with Gasteiger partial charge in [-0.05, 0) is 12.5 Å². The molecule has 3 unspecified atom stereocenters. The number of carbonyl (C=O) groups excluding carboxylic acids is 1. The molecule has 7 heteroatoms. The number of fused-ring (bicyclic) bond motifs is 1. The lowest BCUT2D eigenvalue weighted by Crippen LogP contribution is -2.18. The molecule has 22 heavy (non-hydrogen) atoms. The Kier molecular flexibility index (Phi) is 3.69. The lowest BCUT2D eigenvalue weighted by molar-refractivity contribution is -0.145. The van der Waals surface area contributed by atoms with E-state index in [9.17, 15) is 4.79 Å². The summed E-state index contributed by atoms with van der Waals surface area (Å²) in [7, 11) is 0. The average molecular weight is 300 g/mol. The largest absolute Gasteiger partial charge is 0.463 e. The molecule has 1 aliphatic heterocycles. The molecule has 3 rings (SSSR count). The van der Waals surface area contributed by atoms with Gasteiger partial charge in [-0.15, -0.1) is 6.42 Å². The van der Waals surface area contributed by atoms with Crippen LogP contribution in [0.25, 0.3) is 11.0 Å². The van der Waals surface area contributed by atoms with Gasteiger partial charge in [-0.25, -0.2) is 9.97 Å². The first kappa shape index (κ1) is 14.4. The fourth-order valence-electron chi connectivity index (χ4n) is 2.67. The van der Waals surface area contributed by atoms with Crippen LogP contribution in [0.2, 0.25) is 0 Å². The van der Waals surface area contributed by atoms with E-state index in [1.165, 1.54) is 13.3 Å². The summed E-state index contributed by atoms with van der Waals surface area (Å²) in [5, 5.41) is 0.755. The molecule has 0 radical (unpaired) electrons. The zero-order chi connectivity index (χ0) is 15.7. The SMILES string of the molecule is C#CC1CC(COC(C)=O)OC1n1ccc2c(N)ncnc21. The first-order valence-electron chi connectivity index (χ1n) is 6.92. The number of hydrogen-bond acceptors (Lipinski definition) is 6. The minimum Gasteiger partial charge on any atom is -0.463 e. The standard InChI is InChI=1S/C15H16N4O3/c1-3-10-6-11(7-21-9(2)20)22-15(10)19-5-4-12-13(16)17-8-18-14(12)19/h1,4-5,8,10-11,15H,6-7H2,2H3,(H2,16,17,18). The highest BCUT2D eigenvalue weighted by molar-refractivity contribution is 5.86. The summed E-state index contributed by atoms with van der Waals surface area (Å²) >= 11 is 0. The zero-order valence-electron chi connectivity index (χ0n) is 12.1.